The molecule has 96 valence electrons. The Hall–Kier alpha value is -0.680. The molecule has 0 aliphatic carbocycles. The predicted octanol–water partition coefficient (Wildman–Crippen LogP) is 3.68. The van der Waals surface area contributed by atoms with E-state index in [1.165, 1.54) is 11.8 Å². The summed E-state index contributed by atoms with van der Waals surface area (Å²) in [6, 6.07) is 5.31. The number of hydrogen-bond donors (Lipinski definition) is 1. The smallest absolute Gasteiger partial charge is 0.104 e. The zero-order valence-electron chi connectivity index (χ0n) is 9.94. The first-order chi connectivity index (χ1) is 8.52. The van der Waals surface area contributed by atoms with Crippen molar-refractivity contribution in [3.05, 3.63) is 39.5 Å². The van der Waals surface area contributed by atoms with Crippen LogP contribution in [0.25, 0.3) is 0 Å². The van der Waals surface area contributed by atoms with Crippen molar-refractivity contribution in [2.24, 2.45) is 7.05 Å². The van der Waals surface area contributed by atoms with Gasteiger partial charge in [-0.15, -0.1) is 0 Å². The number of aliphatic hydroxyl groups is 1. The van der Waals surface area contributed by atoms with Crippen molar-refractivity contribution < 1.29 is 5.11 Å². The van der Waals surface area contributed by atoms with Crippen molar-refractivity contribution in [1.29, 1.82) is 0 Å². The van der Waals surface area contributed by atoms with Gasteiger partial charge in [-0.3, -0.25) is 4.68 Å². The average Bonchev–Trinajstić information content (AvgIpc) is 2.58. The van der Waals surface area contributed by atoms with Crippen LogP contribution >= 0.6 is 35.0 Å². The van der Waals surface area contributed by atoms with E-state index < -0.39 is 0 Å². The van der Waals surface area contributed by atoms with Gasteiger partial charge in [-0.2, -0.15) is 5.10 Å². The van der Waals surface area contributed by atoms with E-state index in [0.29, 0.717) is 10.0 Å². The van der Waals surface area contributed by atoms with Crippen LogP contribution in [0.1, 0.15) is 11.3 Å². The highest BCUT2D eigenvalue weighted by Gasteiger charge is 2.15. The number of rotatable bonds is 3. The van der Waals surface area contributed by atoms with Crippen LogP contribution in [0.2, 0.25) is 10.0 Å². The Morgan fingerprint density at radius 3 is 2.78 bits per heavy atom. The molecule has 2 rings (SSSR count). The summed E-state index contributed by atoms with van der Waals surface area (Å²) < 4.78 is 1.74. The zero-order valence-corrected chi connectivity index (χ0v) is 12.3. The second kappa shape index (κ2) is 5.53. The van der Waals surface area contributed by atoms with Crippen LogP contribution in [-0.2, 0) is 13.7 Å². The third kappa shape index (κ3) is 2.67. The minimum Gasteiger partial charge on any atom is -0.392 e. The van der Waals surface area contributed by atoms with Crippen molar-refractivity contribution in [1.82, 2.24) is 9.78 Å². The van der Waals surface area contributed by atoms with E-state index in [9.17, 15) is 5.11 Å². The maximum Gasteiger partial charge on any atom is 0.104 e. The number of aryl methyl sites for hydroxylation is 2. The van der Waals surface area contributed by atoms with Crippen LogP contribution in [0.3, 0.4) is 0 Å². The lowest BCUT2D eigenvalue weighted by Crippen LogP contribution is -1.94. The Balaban J connectivity index is 2.42. The van der Waals surface area contributed by atoms with E-state index in [0.717, 1.165) is 21.2 Å². The van der Waals surface area contributed by atoms with Gasteiger partial charge < -0.3 is 5.11 Å². The van der Waals surface area contributed by atoms with Crippen LogP contribution in [0, 0.1) is 6.92 Å². The number of aliphatic hydroxyl groups excluding tert-OH is 1. The van der Waals surface area contributed by atoms with Crippen LogP contribution in [-0.4, -0.2) is 14.9 Å². The van der Waals surface area contributed by atoms with E-state index in [2.05, 4.69) is 5.10 Å². The average molecular weight is 303 g/mol. The normalized spacial score (nSPS) is 10.9. The lowest BCUT2D eigenvalue weighted by molar-refractivity contribution is 0.277. The number of hydrogen-bond acceptors (Lipinski definition) is 3. The summed E-state index contributed by atoms with van der Waals surface area (Å²) in [5.74, 6) is 0. The van der Waals surface area contributed by atoms with Gasteiger partial charge in [0.1, 0.15) is 5.03 Å². The van der Waals surface area contributed by atoms with Crippen molar-refractivity contribution >= 4 is 35.0 Å². The standard InChI is InChI=1S/C12H12Cl2N2OS/c1-7-9(6-17)12(16(2)15-7)18-11-5-8(13)3-4-10(11)14/h3-5,17H,6H2,1-2H3. The van der Waals surface area contributed by atoms with Crippen LogP contribution in [0.4, 0.5) is 0 Å². The van der Waals surface area contributed by atoms with E-state index in [1.54, 1.807) is 22.9 Å². The van der Waals surface area contributed by atoms with Gasteiger partial charge in [-0.05, 0) is 25.1 Å². The molecular weight excluding hydrogens is 291 g/mol. The Morgan fingerprint density at radius 1 is 1.39 bits per heavy atom. The summed E-state index contributed by atoms with van der Waals surface area (Å²) >= 11 is 13.5. The topological polar surface area (TPSA) is 38.0 Å². The fourth-order valence-electron chi connectivity index (χ4n) is 1.65. The van der Waals surface area contributed by atoms with Crippen molar-refractivity contribution in [3.8, 4) is 0 Å². The van der Waals surface area contributed by atoms with Crippen molar-refractivity contribution in [2.45, 2.75) is 23.5 Å². The van der Waals surface area contributed by atoms with Gasteiger partial charge in [0.05, 0.1) is 17.3 Å². The third-order valence-corrected chi connectivity index (χ3v) is 4.49. The first kappa shape index (κ1) is 13.7. The monoisotopic (exact) mass is 302 g/mol. The highest BCUT2D eigenvalue weighted by atomic mass is 35.5. The molecule has 0 aliphatic heterocycles. The molecular formula is C12H12Cl2N2OS. The molecule has 3 nitrogen and oxygen atoms in total. The minimum absolute atomic E-state index is 0.0415. The fraction of sp³-hybridized carbons (Fsp3) is 0.250. The molecule has 0 saturated heterocycles. The maximum absolute atomic E-state index is 9.39. The molecule has 0 atom stereocenters. The summed E-state index contributed by atoms with van der Waals surface area (Å²) in [5.41, 5.74) is 1.64. The van der Waals surface area contributed by atoms with Gasteiger partial charge in [0.25, 0.3) is 0 Å². The van der Waals surface area contributed by atoms with Crippen LogP contribution in [0.15, 0.2) is 28.1 Å². The predicted molar refractivity (Wildman–Crippen MR) is 74.5 cm³/mol. The van der Waals surface area contributed by atoms with Crippen LogP contribution in [0.5, 0.6) is 0 Å². The molecule has 1 heterocycles. The SMILES string of the molecule is Cc1nn(C)c(Sc2cc(Cl)ccc2Cl)c1CO. The zero-order chi connectivity index (χ0) is 13.3. The Kier molecular flexibility index (Phi) is 4.22. The van der Waals surface area contributed by atoms with Gasteiger partial charge in [0, 0.05) is 22.5 Å². The quantitative estimate of drug-likeness (QED) is 0.940. The first-order valence-corrected chi connectivity index (χ1v) is 6.86. The van der Waals surface area contributed by atoms with E-state index in [4.69, 9.17) is 23.2 Å². The molecule has 2 aromatic rings. The van der Waals surface area contributed by atoms with Crippen LogP contribution < -0.4 is 0 Å². The maximum atomic E-state index is 9.39. The molecule has 0 aliphatic rings. The molecule has 1 N–H and O–H groups in total. The first-order valence-electron chi connectivity index (χ1n) is 5.29. The second-order valence-corrected chi connectivity index (χ2v) is 5.70. The molecule has 0 unspecified atom stereocenters. The molecule has 0 radical (unpaired) electrons. The highest BCUT2D eigenvalue weighted by molar-refractivity contribution is 7.99. The van der Waals surface area contributed by atoms with Crippen molar-refractivity contribution in [3.63, 3.8) is 0 Å². The summed E-state index contributed by atoms with van der Waals surface area (Å²) in [6.07, 6.45) is 0. The Morgan fingerprint density at radius 2 is 2.11 bits per heavy atom. The Bertz CT molecular complexity index is 584. The molecule has 0 amide bonds. The summed E-state index contributed by atoms with van der Waals surface area (Å²) in [5, 5.41) is 15.8. The molecule has 0 spiro atoms. The second-order valence-electron chi connectivity index (χ2n) is 3.83. The Labute approximate surface area is 120 Å². The molecule has 18 heavy (non-hydrogen) atoms. The van der Waals surface area contributed by atoms with Gasteiger partial charge >= 0.3 is 0 Å². The number of aromatic nitrogens is 2. The minimum atomic E-state index is -0.0415. The number of halogens is 2. The summed E-state index contributed by atoms with van der Waals surface area (Å²) in [7, 11) is 1.84. The largest absolute Gasteiger partial charge is 0.392 e. The van der Waals surface area contributed by atoms with Gasteiger partial charge in [-0.1, -0.05) is 35.0 Å². The lowest BCUT2D eigenvalue weighted by Gasteiger charge is -2.07. The molecule has 1 aromatic heterocycles. The fourth-order valence-corrected chi connectivity index (χ4v) is 3.19. The van der Waals surface area contributed by atoms with E-state index in [1.807, 2.05) is 14.0 Å². The van der Waals surface area contributed by atoms with Crippen molar-refractivity contribution in [2.75, 3.05) is 0 Å². The lowest BCUT2D eigenvalue weighted by atomic mass is 10.3. The van der Waals surface area contributed by atoms with Gasteiger partial charge in [-0.25, -0.2) is 0 Å². The molecule has 0 saturated carbocycles. The number of nitrogens with zero attached hydrogens (tertiary/aromatic N) is 2. The van der Waals surface area contributed by atoms with Gasteiger partial charge in [0.15, 0.2) is 0 Å². The molecule has 6 heteroatoms. The third-order valence-electron chi connectivity index (χ3n) is 2.55. The molecule has 0 bridgehead atoms. The highest BCUT2D eigenvalue weighted by Crippen LogP contribution is 2.37. The summed E-state index contributed by atoms with van der Waals surface area (Å²) in [6.45, 7) is 1.83. The van der Waals surface area contributed by atoms with E-state index in [-0.39, 0.29) is 6.61 Å². The number of benzene rings is 1. The molecule has 1 aromatic carbocycles. The van der Waals surface area contributed by atoms with E-state index >= 15 is 0 Å². The molecule has 0 fully saturated rings. The summed E-state index contributed by atoms with van der Waals surface area (Å²) in [4.78, 5) is 0.849. The van der Waals surface area contributed by atoms with Gasteiger partial charge in [0.2, 0.25) is 0 Å².